The van der Waals surface area contributed by atoms with Gasteiger partial charge in [0.1, 0.15) is 5.75 Å². The van der Waals surface area contributed by atoms with Crippen molar-refractivity contribution in [1.82, 2.24) is 5.32 Å². The zero-order chi connectivity index (χ0) is 24.4. The molecule has 4 aliphatic rings. The minimum absolute atomic E-state index is 0.0811. The molecule has 0 radical (unpaired) electrons. The fraction of sp³-hybridized carbons (Fsp3) is 0.480. The molecule has 182 valence electrons. The van der Waals surface area contributed by atoms with Crippen molar-refractivity contribution in [1.29, 1.82) is 0 Å². The van der Waals surface area contributed by atoms with E-state index >= 15 is 0 Å². The number of halogens is 4. The van der Waals surface area contributed by atoms with Crippen LogP contribution in [0.15, 0.2) is 27.1 Å². The highest BCUT2D eigenvalue weighted by atomic mass is 79.9. The Morgan fingerprint density at radius 3 is 2.09 bits per heavy atom. The normalized spacial score (nSPS) is 27.1. The predicted molar refractivity (Wildman–Crippen MR) is 142 cm³/mol. The van der Waals surface area contributed by atoms with E-state index in [0.717, 1.165) is 24.8 Å². The summed E-state index contributed by atoms with van der Waals surface area (Å²) in [5, 5.41) is 24.9. The second-order valence-electron chi connectivity index (χ2n) is 10.3. The highest BCUT2D eigenvalue weighted by Crippen LogP contribution is 2.55. The largest absolute Gasteiger partial charge is 0.506 e. The molecule has 6 rings (SSSR count). The molecule has 3 N–H and O–H groups in total. The summed E-state index contributed by atoms with van der Waals surface area (Å²) >= 11 is 19.5. The number of hydrogen-bond donors (Lipinski definition) is 3. The molecule has 0 unspecified atom stereocenters. The molecule has 4 aliphatic carbocycles. The maximum Gasteiger partial charge on any atom is 0.322 e. The van der Waals surface area contributed by atoms with Crippen LogP contribution in [-0.4, -0.2) is 21.8 Å². The van der Waals surface area contributed by atoms with Crippen molar-refractivity contribution in [3.8, 4) is 11.5 Å². The lowest BCUT2D eigenvalue weighted by molar-refractivity contribution is -0.0131. The second-order valence-corrected chi connectivity index (χ2v) is 12.8. The van der Waals surface area contributed by atoms with Gasteiger partial charge in [-0.25, -0.2) is 4.79 Å². The van der Waals surface area contributed by atoms with Crippen molar-refractivity contribution >= 4 is 66.8 Å². The van der Waals surface area contributed by atoms with Crippen molar-refractivity contribution in [3.63, 3.8) is 0 Å². The number of carbonyl (C=O) groups is 1. The Kier molecular flexibility index (Phi) is 6.54. The first-order valence-electron chi connectivity index (χ1n) is 11.5. The quantitative estimate of drug-likeness (QED) is 0.321. The first-order chi connectivity index (χ1) is 16.0. The SMILES string of the molecule is Cc1c(Cl)cc(N(Cc2cc(Br)c(O)c(Br)c2)C(=O)NC23CC4CC(CC(C4)C2)C3)c(O)c1Cl. The van der Waals surface area contributed by atoms with Crippen molar-refractivity contribution in [3.05, 3.63) is 48.3 Å². The zero-order valence-electron chi connectivity index (χ0n) is 18.7. The maximum absolute atomic E-state index is 13.9. The number of nitrogens with one attached hydrogen (secondary N) is 1. The third-order valence-electron chi connectivity index (χ3n) is 7.77. The van der Waals surface area contributed by atoms with Crippen LogP contribution in [0.1, 0.15) is 49.7 Å². The molecule has 0 saturated heterocycles. The number of urea groups is 1. The van der Waals surface area contributed by atoms with Gasteiger partial charge < -0.3 is 15.5 Å². The Balaban J connectivity index is 1.51. The maximum atomic E-state index is 13.9. The van der Waals surface area contributed by atoms with Crippen molar-refractivity contribution < 1.29 is 15.0 Å². The van der Waals surface area contributed by atoms with Crippen molar-refractivity contribution in [2.75, 3.05) is 4.90 Å². The molecular formula is C25H26Br2Cl2N2O3. The van der Waals surface area contributed by atoms with Gasteiger partial charge in [0.2, 0.25) is 0 Å². The van der Waals surface area contributed by atoms with Crippen LogP contribution in [-0.2, 0) is 6.54 Å². The summed E-state index contributed by atoms with van der Waals surface area (Å²) in [4.78, 5) is 15.4. The summed E-state index contributed by atoms with van der Waals surface area (Å²) < 4.78 is 1.00. The topological polar surface area (TPSA) is 72.8 Å². The van der Waals surface area contributed by atoms with Crippen molar-refractivity contribution in [2.45, 2.75) is 57.5 Å². The molecular weight excluding hydrogens is 607 g/mol. The highest BCUT2D eigenvalue weighted by molar-refractivity contribution is 9.11. The lowest BCUT2D eigenvalue weighted by Gasteiger charge is -2.57. The molecule has 2 aromatic rings. The van der Waals surface area contributed by atoms with Crippen LogP contribution < -0.4 is 10.2 Å². The van der Waals surface area contributed by atoms with E-state index in [-0.39, 0.29) is 40.3 Å². The summed E-state index contributed by atoms with van der Waals surface area (Å²) in [7, 11) is 0. The van der Waals surface area contributed by atoms with Gasteiger partial charge in [-0.2, -0.15) is 0 Å². The Hall–Kier alpha value is -1.15. The summed E-state index contributed by atoms with van der Waals surface area (Å²) in [6.45, 7) is 1.88. The summed E-state index contributed by atoms with van der Waals surface area (Å²) in [6, 6.07) is 4.80. The van der Waals surface area contributed by atoms with Gasteiger partial charge in [0.05, 0.1) is 26.2 Å². The van der Waals surface area contributed by atoms with E-state index < -0.39 is 0 Å². The standard InChI is InChI=1S/C25H26Br2Cl2N2O3/c1-12-19(28)7-20(23(33)21(12)29)31(11-16-5-17(26)22(32)18(27)6-16)24(34)30-25-8-13-2-14(9-25)4-15(3-13)10-25/h5-7,13-15,32-33H,2-4,8-11H2,1H3,(H,30,34). The van der Waals surface area contributed by atoms with Gasteiger partial charge in [-0.1, -0.05) is 23.2 Å². The molecule has 4 fully saturated rings. The van der Waals surface area contributed by atoms with E-state index in [1.165, 1.54) is 24.2 Å². The third kappa shape index (κ3) is 4.42. The molecule has 0 heterocycles. The van der Waals surface area contributed by atoms with Gasteiger partial charge in [0, 0.05) is 10.6 Å². The van der Waals surface area contributed by atoms with E-state index in [0.29, 0.717) is 37.3 Å². The Labute approximate surface area is 226 Å². The molecule has 34 heavy (non-hydrogen) atoms. The molecule has 2 amide bonds. The van der Waals surface area contributed by atoms with Crippen LogP contribution in [0.5, 0.6) is 11.5 Å². The fourth-order valence-electron chi connectivity index (χ4n) is 6.61. The Morgan fingerprint density at radius 1 is 1.03 bits per heavy atom. The first kappa shape index (κ1) is 24.5. The van der Waals surface area contributed by atoms with Crippen LogP contribution in [0.4, 0.5) is 10.5 Å². The van der Waals surface area contributed by atoms with E-state index in [1.807, 2.05) is 0 Å². The van der Waals surface area contributed by atoms with Gasteiger partial charge in [-0.05, 0) is 124 Å². The zero-order valence-corrected chi connectivity index (χ0v) is 23.4. The number of rotatable bonds is 4. The van der Waals surface area contributed by atoms with Gasteiger partial charge >= 0.3 is 6.03 Å². The molecule has 0 spiro atoms. The number of hydrogen-bond acceptors (Lipinski definition) is 3. The Bertz CT molecular complexity index is 1120. The van der Waals surface area contributed by atoms with Gasteiger partial charge in [-0.3, -0.25) is 4.90 Å². The lowest BCUT2D eigenvalue weighted by atomic mass is 9.53. The van der Waals surface area contributed by atoms with E-state index in [2.05, 4.69) is 37.2 Å². The lowest BCUT2D eigenvalue weighted by Crippen LogP contribution is -2.61. The van der Waals surface area contributed by atoms with Crippen molar-refractivity contribution in [2.24, 2.45) is 17.8 Å². The van der Waals surface area contributed by atoms with Crippen LogP contribution in [0.2, 0.25) is 10.0 Å². The van der Waals surface area contributed by atoms with Gasteiger partial charge in [0.25, 0.3) is 0 Å². The summed E-state index contributed by atoms with van der Waals surface area (Å²) in [5.41, 5.74) is 1.36. The van der Waals surface area contributed by atoms with E-state index in [4.69, 9.17) is 23.2 Å². The van der Waals surface area contributed by atoms with Crippen LogP contribution in [0.3, 0.4) is 0 Å². The van der Waals surface area contributed by atoms with Gasteiger partial charge in [-0.15, -0.1) is 0 Å². The van der Waals surface area contributed by atoms with E-state index in [1.54, 1.807) is 25.1 Å². The number of phenols is 2. The third-order valence-corrected chi connectivity index (χ3v) is 9.83. The predicted octanol–water partition coefficient (Wildman–Crippen LogP) is 7.92. The van der Waals surface area contributed by atoms with Crippen LogP contribution in [0, 0.1) is 24.7 Å². The molecule has 0 atom stereocenters. The minimum atomic E-state index is -0.284. The highest BCUT2D eigenvalue weighted by Gasteiger charge is 2.52. The molecule has 2 aromatic carbocycles. The summed E-state index contributed by atoms with van der Waals surface area (Å²) in [5.74, 6) is 1.95. The second kappa shape index (κ2) is 9.06. The van der Waals surface area contributed by atoms with Crippen LogP contribution in [0.25, 0.3) is 0 Å². The number of carbonyl (C=O) groups excluding carboxylic acids is 1. The number of anilines is 1. The van der Waals surface area contributed by atoms with Crippen LogP contribution >= 0.6 is 55.1 Å². The number of nitrogens with zero attached hydrogens (tertiary/aromatic N) is 1. The molecule has 0 aromatic heterocycles. The number of amides is 2. The first-order valence-corrected chi connectivity index (χ1v) is 13.8. The number of aromatic hydroxyl groups is 2. The number of benzene rings is 2. The molecule has 5 nitrogen and oxygen atoms in total. The average Bonchev–Trinajstić information content (AvgIpc) is 2.75. The van der Waals surface area contributed by atoms with E-state index in [9.17, 15) is 15.0 Å². The average molecular weight is 633 g/mol. The monoisotopic (exact) mass is 630 g/mol. The Morgan fingerprint density at radius 2 is 1.56 bits per heavy atom. The van der Waals surface area contributed by atoms with Gasteiger partial charge in [0.15, 0.2) is 5.75 Å². The summed E-state index contributed by atoms with van der Waals surface area (Å²) in [6.07, 6.45) is 6.86. The molecule has 0 aliphatic heterocycles. The minimum Gasteiger partial charge on any atom is -0.506 e. The molecule has 4 bridgehead atoms. The smallest absolute Gasteiger partial charge is 0.322 e. The number of phenolic OH excluding ortho intramolecular Hbond substituents is 2. The molecule has 9 heteroatoms. The fourth-order valence-corrected chi connectivity index (χ4v) is 8.34. The molecule has 4 saturated carbocycles.